The van der Waals surface area contributed by atoms with Crippen LogP contribution < -0.4 is 10.6 Å². The Morgan fingerprint density at radius 1 is 1.19 bits per heavy atom. The average Bonchev–Trinajstić information content (AvgIpc) is 2.58. The van der Waals surface area contributed by atoms with E-state index in [0.29, 0.717) is 25.6 Å². The van der Waals surface area contributed by atoms with E-state index < -0.39 is 10.0 Å². The van der Waals surface area contributed by atoms with Crippen LogP contribution in [0.2, 0.25) is 0 Å². The van der Waals surface area contributed by atoms with Crippen LogP contribution >= 0.6 is 24.0 Å². The lowest BCUT2D eigenvalue weighted by atomic mass is 9.98. The minimum atomic E-state index is -3.05. The third-order valence-corrected chi connectivity index (χ3v) is 5.79. The maximum Gasteiger partial charge on any atom is 0.211 e. The maximum absolute atomic E-state index is 11.6. The molecular formula is C18H31IN4O2S. The second kappa shape index (κ2) is 11.1. The number of sulfonamides is 1. The Labute approximate surface area is 174 Å². The van der Waals surface area contributed by atoms with E-state index in [-0.39, 0.29) is 24.0 Å². The van der Waals surface area contributed by atoms with Gasteiger partial charge in [-0.2, -0.15) is 0 Å². The first-order chi connectivity index (χ1) is 11.9. The minimum Gasteiger partial charge on any atom is -0.357 e. The van der Waals surface area contributed by atoms with E-state index in [9.17, 15) is 8.42 Å². The van der Waals surface area contributed by atoms with Gasteiger partial charge in [0.1, 0.15) is 0 Å². The van der Waals surface area contributed by atoms with Crippen LogP contribution in [0.5, 0.6) is 0 Å². The van der Waals surface area contributed by atoms with Gasteiger partial charge in [0, 0.05) is 26.2 Å². The molecule has 1 aliphatic heterocycles. The van der Waals surface area contributed by atoms with Crippen molar-refractivity contribution in [3.05, 3.63) is 35.4 Å². The summed E-state index contributed by atoms with van der Waals surface area (Å²) in [5.41, 5.74) is 2.43. The molecule has 1 saturated heterocycles. The first-order valence-corrected chi connectivity index (χ1v) is 10.8. The van der Waals surface area contributed by atoms with Gasteiger partial charge in [0.2, 0.25) is 10.0 Å². The summed E-state index contributed by atoms with van der Waals surface area (Å²) in [6.07, 6.45) is 3.06. The molecule has 0 unspecified atom stereocenters. The van der Waals surface area contributed by atoms with Crippen molar-refractivity contribution in [3.8, 4) is 0 Å². The van der Waals surface area contributed by atoms with Gasteiger partial charge in [-0.05, 0) is 38.2 Å². The summed E-state index contributed by atoms with van der Waals surface area (Å²) in [6.45, 7) is 7.62. The highest BCUT2D eigenvalue weighted by molar-refractivity contribution is 14.0. The van der Waals surface area contributed by atoms with E-state index >= 15 is 0 Å². The molecule has 8 heteroatoms. The standard InChI is InChI=1S/C18H30N4O2S.HI/c1-4-19-18(20-13-16-7-5-15(2)6-8-16)21-14-17-9-11-22(12-10-17)25(3,23)24;/h5-8,17H,4,9-14H2,1-3H3,(H2,19,20,21);1H. The lowest BCUT2D eigenvalue weighted by molar-refractivity contribution is 0.275. The van der Waals surface area contributed by atoms with Crippen molar-refractivity contribution in [3.63, 3.8) is 0 Å². The molecule has 0 amide bonds. The van der Waals surface area contributed by atoms with Crippen molar-refractivity contribution in [1.82, 2.24) is 14.9 Å². The third kappa shape index (κ3) is 7.79. The highest BCUT2D eigenvalue weighted by Crippen LogP contribution is 2.18. The minimum absolute atomic E-state index is 0. The number of hydrogen-bond acceptors (Lipinski definition) is 3. The molecule has 2 N–H and O–H groups in total. The van der Waals surface area contributed by atoms with Crippen LogP contribution in [0.4, 0.5) is 0 Å². The van der Waals surface area contributed by atoms with Crippen molar-refractivity contribution in [2.45, 2.75) is 33.2 Å². The molecule has 148 valence electrons. The van der Waals surface area contributed by atoms with Gasteiger partial charge in [-0.1, -0.05) is 29.8 Å². The molecular weight excluding hydrogens is 463 g/mol. The number of nitrogens with one attached hydrogen (secondary N) is 2. The van der Waals surface area contributed by atoms with Gasteiger partial charge in [0.05, 0.1) is 12.8 Å². The zero-order valence-corrected chi connectivity index (χ0v) is 19.0. The fourth-order valence-electron chi connectivity index (χ4n) is 2.89. The largest absolute Gasteiger partial charge is 0.357 e. The molecule has 0 bridgehead atoms. The molecule has 0 aliphatic carbocycles. The Bertz CT molecular complexity index is 669. The van der Waals surface area contributed by atoms with Crippen LogP contribution in [-0.2, 0) is 16.6 Å². The lowest BCUT2D eigenvalue weighted by Gasteiger charge is -2.30. The summed E-state index contributed by atoms with van der Waals surface area (Å²) in [5.74, 6) is 1.29. The zero-order valence-electron chi connectivity index (χ0n) is 15.9. The van der Waals surface area contributed by atoms with Crippen LogP contribution in [0.15, 0.2) is 29.3 Å². The van der Waals surface area contributed by atoms with Gasteiger partial charge in [-0.3, -0.25) is 0 Å². The molecule has 0 atom stereocenters. The van der Waals surface area contributed by atoms with Gasteiger partial charge >= 0.3 is 0 Å². The summed E-state index contributed by atoms with van der Waals surface area (Å²) in [7, 11) is -3.05. The summed E-state index contributed by atoms with van der Waals surface area (Å²) < 4.78 is 24.7. The molecule has 1 fully saturated rings. The van der Waals surface area contributed by atoms with E-state index in [4.69, 9.17) is 0 Å². The van der Waals surface area contributed by atoms with Crippen LogP contribution in [0.25, 0.3) is 0 Å². The molecule has 0 radical (unpaired) electrons. The first kappa shape index (κ1) is 23.2. The average molecular weight is 494 g/mol. The molecule has 0 saturated carbocycles. The quantitative estimate of drug-likeness (QED) is 0.362. The highest BCUT2D eigenvalue weighted by atomic mass is 127. The summed E-state index contributed by atoms with van der Waals surface area (Å²) in [4.78, 5) is 4.64. The first-order valence-electron chi connectivity index (χ1n) is 8.91. The smallest absolute Gasteiger partial charge is 0.211 e. The van der Waals surface area contributed by atoms with E-state index in [1.165, 1.54) is 17.4 Å². The Kier molecular flexibility index (Phi) is 9.88. The normalized spacial score (nSPS) is 16.8. The topological polar surface area (TPSA) is 73.8 Å². The van der Waals surface area contributed by atoms with Crippen molar-refractivity contribution in [2.75, 3.05) is 32.4 Å². The monoisotopic (exact) mass is 494 g/mol. The van der Waals surface area contributed by atoms with E-state index in [1.54, 1.807) is 4.31 Å². The second-order valence-corrected chi connectivity index (χ2v) is 8.65. The molecule has 0 aromatic heterocycles. The Balaban J connectivity index is 0.00000338. The maximum atomic E-state index is 11.6. The SMILES string of the molecule is CCNC(=NCc1ccc(C)cc1)NCC1CCN(S(C)(=O)=O)CC1.I. The number of guanidine groups is 1. The molecule has 1 aromatic carbocycles. The highest BCUT2D eigenvalue weighted by Gasteiger charge is 2.24. The van der Waals surface area contributed by atoms with Crippen molar-refractivity contribution >= 4 is 40.0 Å². The second-order valence-electron chi connectivity index (χ2n) is 6.67. The molecule has 6 nitrogen and oxygen atoms in total. The predicted molar refractivity (Wildman–Crippen MR) is 119 cm³/mol. The fraction of sp³-hybridized carbons (Fsp3) is 0.611. The number of hydrogen-bond donors (Lipinski definition) is 2. The van der Waals surface area contributed by atoms with Crippen LogP contribution in [-0.4, -0.2) is 51.1 Å². The zero-order chi connectivity index (χ0) is 18.3. The van der Waals surface area contributed by atoms with Gasteiger partial charge in [0.25, 0.3) is 0 Å². The number of benzene rings is 1. The molecule has 1 aromatic rings. The van der Waals surface area contributed by atoms with E-state index in [2.05, 4.69) is 46.8 Å². The summed E-state index contributed by atoms with van der Waals surface area (Å²) >= 11 is 0. The lowest BCUT2D eigenvalue weighted by Crippen LogP contribution is -2.44. The van der Waals surface area contributed by atoms with Crippen LogP contribution in [0.1, 0.15) is 30.9 Å². The predicted octanol–water partition coefficient (Wildman–Crippen LogP) is 2.34. The van der Waals surface area contributed by atoms with Gasteiger partial charge in [-0.25, -0.2) is 17.7 Å². The third-order valence-electron chi connectivity index (χ3n) is 4.49. The summed E-state index contributed by atoms with van der Waals surface area (Å²) in [6, 6.07) is 8.40. The van der Waals surface area contributed by atoms with Gasteiger partial charge < -0.3 is 10.6 Å². The fourth-order valence-corrected chi connectivity index (χ4v) is 3.77. The van der Waals surface area contributed by atoms with Crippen LogP contribution in [0, 0.1) is 12.8 Å². The molecule has 0 spiro atoms. The number of rotatable bonds is 6. The van der Waals surface area contributed by atoms with Crippen LogP contribution in [0.3, 0.4) is 0 Å². The number of nitrogens with zero attached hydrogens (tertiary/aromatic N) is 2. The van der Waals surface area contributed by atoms with E-state index in [1.807, 2.05) is 6.92 Å². The van der Waals surface area contributed by atoms with Crippen molar-refractivity contribution in [2.24, 2.45) is 10.9 Å². The van der Waals surface area contributed by atoms with E-state index in [0.717, 1.165) is 31.9 Å². The molecule has 1 aliphatic rings. The Morgan fingerprint density at radius 3 is 2.35 bits per heavy atom. The Morgan fingerprint density at radius 2 is 1.81 bits per heavy atom. The molecule has 26 heavy (non-hydrogen) atoms. The molecule has 1 heterocycles. The number of aryl methyl sites for hydroxylation is 1. The Hall–Kier alpha value is -0.870. The van der Waals surface area contributed by atoms with Crippen molar-refractivity contribution in [1.29, 1.82) is 0 Å². The number of halogens is 1. The number of aliphatic imine (C=N–C) groups is 1. The van der Waals surface area contributed by atoms with Gasteiger partial charge in [-0.15, -0.1) is 24.0 Å². The molecule has 2 rings (SSSR count). The number of piperidine rings is 1. The van der Waals surface area contributed by atoms with Crippen molar-refractivity contribution < 1.29 is 8.42 Å². The van der Waals surface area contributed by atoms with Gasteiger partial charge in [0.15, 0.2) is 5.96 Å². The summed E-state index contributed by atoms with van der Waals surface area (Å²) in [5, 5.41) is 6.67.